The molecule has 4 aromatic rings. The Labute approximate surface area is 199 Å². The van der Waals surface area contributed by atoms with E-state index in [9.17, 15) is 18.8 Å². The zero-order valence-electron chi connectivity index (χ0n) is 19.4. The predicted octanol–water partition coefficient (Wildman–Crippen LogP) is 2.13. The Morgan fingerprint density at radius 2 is 1.63 bits per heavy atom. The summed E-state index contributed by atoms with van der Waals surface area (Å²) in [5.41, 5.74) is 1.52. The minimum atomic E-state index is -0.495. The molecule has 0 aliphatic carbocycles. The SMILES string of the molecule is CC(C)(C)c1[nH]cnc1/C=c1\[nH]c(=O)/c(=C/c2cccc(C(=O)Nc3ccc(F)cc3)c2)[nH]c1=O. The molecule has 0 radical (unpaired) electrons. The molecule has 0 saturated carbocycles. The molecule has 0 fully saturated rings. The van der Waals surface area contributed by atoms with E-state index in [0.29, 0.717) is 22.5 Å². The molecule has 2 heterocycles. The molecule has 0 atom stereocenters. The Bertz CT molecular complexity index is 1620. The summed E-state index contributed by atoms with van der Waals surface area (Å²) in [5, 5.41) is 2.81. The second kappa shape index (κ2) is 9.38. The van der Waals surface area contributed by atoms with Crippen molar-refractivity contribution in [2.24, 2.45) is 0 Å². The first kappa shape index (κ1) is 23.6. The van der Waals surface area contributed by atoms with E-state index in [1.54, 1.807) is 30.6 Å². The predicted molar refractivity (Wildman–Crippen MR) is 132 cm³/mol. The molecule has 2 aromatic carbocycles. The monoisotopic (exact) mass is 473 g/mol. The second-order valence-electron chi connectivity index (χ2n) is 9.02. The van der Waals surface area contributed by atoms with E-state index < -0.39 is 22.8 Å². The standard InChI is InChI=1S/C26H24FN5O3/c1-26(2,3)22-19(28-14-29-22)13-21-25(35)31-20(24(34)32-21)12-15-5-4-6-16(11-15)23(33)30-18-9-7-17(27)8-10-18/h4-14H,1-3H3,(H,28,29)(H,30,33)(H,31,35)(H,32,34)/b20-12-,21-13-. The molecule has 0 aliphatic rings. The number of nitrogens with one attached hydrogen (secondary N) is 4. The highest BCUT2D eigenvalue weighted by atomic mass is 19.1. The Kier molecular flexibility index (Phi) is 6.33. The zero-order chi connectivity index (χ0) is 25.2. The lowest BCUT2D eigenvalue weighted by Crippen LogP contribution is -2.46. The number of hydrogen-bond donors (Lipinski definition) is 4. The number of carbonyl (C=O) groups is 1. The molecule has 0 unspecified atom stereocenters. The van der Waals surface area contributed by atoms with E-state index in [-0.39, 0.29) is 16.1 Å². The molecule has 0 bridgehead atoms. The van der Waals surface area contributed by atoms with E-state index in [2.05, 4.69) is 25.3 Å². The van der Waals surface area contributed by atoms with Gasteiger partial charge in [-0.1, -0.05) is 32.9 Å². The summed E-state index contributed by atoms with van der Waals surface area (Å²) in [4.78, 5) is 50.4. The van der Waals surface area contributed by atoms with Crippen molar-refractivity contribution in [3.63, 3.8) is 0 Å². The van der Waals surface area contributed by atoms with Crippen LogP contribution in [0.15, 0.2) is 64.4 Å². The second-order valence-corrected chi connectivity index (χ2v) is 9.02. The normalized spacial score (nSPS) is 12.7. The van der Waals surface area contributed by atoms with Gasteiger partial charge in [0.1, 0.15) is 16.5 Å². The van der Waals surface area contributed by atoms with Crippen LogP contribution in [0, 0.1) is 5.82 Å². The summed E-state index contributed by atoms with van der Waals surface area (Å²) in [5.74, 6) is -0.797. The molecule has 0 saturated heterocycles. The van der Waals surface area contributed by atoms with E-state index in [0.717, 1.165) is 5.69 Å². The van der Waals surface area contributed by atoms with Crippen LogP contribution in [0.5, 0.6) is 0 Å². The lowest BCUT2D eigenvalue weighted by atomic mass is 9.90. The number of nitrogens with zero attached hydrogens (tertiary/aromatic N) is 1. The van der Waals surface area contributed by atoms with Gasteiger partial charge in [0.2, 0.25) is 0 Å². The maximum atomic E-state index is 13.1. The summed E-state index contributed by atoms with van der Waals surface area (Å²) >= 11 is 0. The van der Waals surface area contributed by atoms with E-state index >= 15 is 0 Å². The lowest BCUT2D eigenvalue weighted by molar-refractivity contribution is 0.102. The Balaban J connectivity index is 1.66. The molecule has 1 amide bonds. The summed E-state index contributed by atoms with van der Waals surface area (Å²) in [6.45, 7) is 6.03. The van der Waals surface area contributed by atoms with Crippen molar-refractivity contribution in [2.45, 2.75) is 26.2 Å². The van der Waals surface area contributed by atoms with Gasteiger partial charge in [0.25, 0.3) is 17.0 Å². The van der Waals surface area contributed by atoms with E-state index in [1.807, 2.05) is 20.8 Å². The van der Waals surface area contributed by atoms with Gasteiger partial charge in [-0.25, -0.2) is 9.37 Å². The topological polar surface area (TPSA) is 124 Å². The van der Waals surface area contributed by atoms with Crippen LogP contribution < -0.4 is 27.1 Å². The molecule has 2 aromatic heterocycles. The maximum absolute atomic E-state index is 13.1. The zero-order valence-corrected chi connectivity index (χ0v) is 19.4. The van der Waals surface area contributed by atoms with E-state index in [1.165, 1.54) is 36.4 Å². The molecule has 178 valence electrons. The van der Waals surface area contributed by atoms with Crippen molar-refractivity contribution in [1.29, 1.82) is 0 Å². The highest BCUT2D eigenvalue weighted by Gasteiger charge is 2.19. The van der Waals surface area contributed by atoms with Crippen LogP contribution in [0.4, 0.5) is 10.1 Å². The number of rotatable bonds is 4. The van der Waals surface area contributed by atoms with Crippen LogP contribution >= 0.6 is 0 Å². The van der Waals surface area contributed by atoms with Crippen LogP contribution in [0.1, 0.15) is 48.1 Å². The van der Waals surface area contributed by atoms with Crippen LogP contribution in [0.25, 0.3) is 12.2 Å². The number of aromatic amines is 3. The molecule has 0 spiro atoms. The Morgan fingerprint density at radius 1 is 0.971 bits per heavy atom. The number of carbonyl (C=O) groups excluding carboxylic acids is 1. The largest absolute Gasteiger partial charge is 0.348 e. The molecule has 35 heavy (non-hydrogen) atoms. The molecular formula is C26H24FN5O3. The quantitative estimate of drug-likeness (QED) is 0.363. The molecule has 9 heteroatoms. The third-order valence-electron chi connectivity index (χ3n) is 5.25. The number of benzene rings is 2. The van der Waals surface area contributed by atoms with Gasteiger partial charge < -0.3 is 20.3 Å². The van der Waals surface area contributed by atoms with Gasteiger partial charge in [-0.2, -0.15) is 0 Å². The summed E-state index contributed by atoms with van der Waals surface area (Å²) < 4.78 is 13.1. The lowest BCUT2D eigenvalue weighted by Gasteiger charge is -2.16. The molecule has 4 N–H and O–H groups in total. The molecular weight excluding hydrogens is 449 g/mol. The number of halogens is 1. The third-order valence-corrected chi connectivity index (χ3v) is 5.25. The average Bonchev–Trinajstić information content (AvgIpc) is 3.28. The first-order chi connectivity index (χ1) is 16.6. The number of hydrogen-bond acceptors (Lipinski definition) is 4. The smallest absolute Gasteiger partial charge is 0.272 e. The van der Waals surface area contributed by atoms with Crippen molar-refractivity contribution in [3.8, 4) is 0 Å². The fourth-order valence-corrected chi connectivity index (χ4v) is 3.52. The highest BCUT2D eigenvalue weighted by molar-refractivity contribution is 6.04. The molecule has 4 rings (SSSR count). The number of aromatic nitrogens is 4. The number of anilines is 1. The maximum Gasteiger partial charge on any atom is 0.272 e. The van der Waals surface area contributed by atoms with Crippen molar-refractivity contribution >= 4 is 23.7 Å². The molecule has 0 aliphatic heterocycles. The first-order valence-electron chi connectivity index (χ1n) is 10.9. The van der Waals surface area contributed by atoms with Gasteiger partial charge in [0, 0.05) is 22.4 Å². The van der Waals surface area contributed by atoms with Crippen molar-refractivity contribution in [2.75, 3.05) is 5.32 Å². The number of imidazole rings is 1. The first-order valence-corrected chi connectivity index (χ1v) is 10.9. The average molecular weight is 474 g/mol. The fraction of sp³-hybridized carbons (Fsp3) is 0.154. The third kappa shape index (κ3) is 5.52. The summed E-state index contributed by atoms with van der Waals surface area (Å²) in [7, 11) is 0. The van der Waals surface area contributed by atoms with Gasteiger partial charge in [0.15, 0.2) is 0 Å². The van der Waals surface area contributed by atoms with Gasteiger partial charge in [-0.05, 0) is 54.1 Å². The molecule has 8 nitrogen and oxygen atoms in total. The fourth-order valence-electron chi connectivity index (χ4n) is 3.52. The number of amides is 1. The highest BCUT2D eigenvalue weighted by Crippen LogP contribution is 2.22. The van der Waals surface area contributed by atoms with Crippen molar-refractivity contribution in [1.82, 2.24) is 19.9 Å². The van der Waals surface area contributed by atoms with Gasteiger partial charge in [-0.3, -0.25) is 14.4 Å². The van der Waals surface area contributed by atoms with Crippen LogP contribution in [0.2, 0.25) is 0 Å². The minimum absolute atomic E-state index is 0.0429. The van der Waals surface area contributed by atoms with Crippen LogP contribution in [-0.2, 0) is 5.41 Å². The Hall–Kier alpha value is -4.53. The minimum Gasteiger partial charge on any atom is -0.348 e. The van der Waals surface area contributed by atoms with Crippen molar-refractivity contribution < 1.29 is 9.18 Å². The van der Waals surface area contributed by atoms with Crippen LogP contribution in [-0.4, -0.2) is 25.8 Å². The van der Waals surface area contributed by atoms with Gasteiger partial charge >= 0.3 is 0 Å². The Morgan fingerprint density at radius 3 is 2.29 bits per heavy atom. The van der Waals surface area contributed by atoms with Crippen molar-refractivity contribution in [3.05, 3.63) is 115 Å². The van der Waals surface area contributed by atoms with Gasteiger partial charge in [0.05, 0.1) is 12.0 Å². The van der Waals surface area contributed by atoms with E-state index in [4.69, 9.17) is 0 Å². The number of H-pyrrole nitrogens is 3. The summed E-state index contributed by atoms with van der Waals surface area (Å²) in [6, 6.07) is 12.0. The summed E-state index contributed by atoms with van der Waals surface area (Å²) in [6.07, 6.45) is 4.55. The van der Waals surface area contributed by atoms with Crippen LogP contribution in [0.3, 0.4) is 0 Å². The van der Waals surface area contributed by atoms with Gasteiger partial charge in [-0.15, -0.1) is 0 Å².